The number of halogens is 1. The fraction of sp³-hybridized carbons (Fsp3) is 0.658. The molecule has 1 aromatic carbocycles. The van der Waals surface area contributed by atoms with E-state index in [1.165, 1.54) is 30.8 Å². The van der Waals surface area contributed by atoms with Gasteiger partial charge in [0.15, 0.2) is 0 Å². The SMILES string of the molecule is CCCC(C)(C)OC(=O)NC(C(=O)N1CCCC1C(=O)NC(CCC(C)F)C(=O)C(=O)NCC(=O)NC(C(=O)N(C)C)c1ccccc1)C1(C)CCC1. The zero-order chi connectivity index (χ0) is 39.5. The monoisotopic (exact) mass is 744 g/mol. The van der Waals surface area contributed by atoms with Gasteiger partial charge in [0.25, 0.3) is 5.91 Å². The summed E-state index contributed by atoms with van der Waals surface area (Å²) in [6.07, 6.45) is 2.02. The normalized spacial score (nSPS) is 18.6. The molecule has 14 nitrogen and oxygen atoms in total. The van der Waals surface area contributed by atoms with Gasteiger partial charge < -0.3 is 35.8 Å². The summed E-state index contributed by atoms with van der Waals surface area (Å²) in [5.41, 5.74) is -0.771. The van der Waals surface area contributed by atoms with Gasteiger partial charge in [-0.3, -0.25) is 28.8 Å². The molecule has 53 heavy (non-hydrogen) atoms. The van der Waals surface area contributed by atoms with E-state index >= 15 is 0 Å². The van der Waals surface area contributed by atoms with E-state index in [1.54, 1.807) is 44.2 Å². The minimum absolute atomic E-state index is 0.149. The summed E-state index contributed by atoms with van der Waals surface area (Å²) in [6.45, 7) is 8.35. The van der Waals surface area contributed by atoms with Gasteiger partial charge in [-0.1, -0.05) is 57.0 Å². The molecule has 6 amide bonds. The first-order chi connectivity index (χ1) is 24.9. The number of alkyl carbamates (subject to hydrolysis) is 1. The second-order valence-corrected chi connectivity index (χ2v) is 15.3. The van der Waals surface area contributed by atoms with Crippen LogP contribution in [0.25, 0.3) is 0 Å². The minimum atomic E-state index is -1.44. The van der Waals surface area contributed by atoms with Crippen LogP contribution in [0.15, 0.2) is 30.3 Å². The summed E-state index contributed by atoms with van der Waals surface area (Å²) in [5.74, 6) is -4.56. The molecule has 0 bridgehead atoms. The fourth-order valence-corrected chi connectivity index (χ4v) is 6.82. The van der Waals surface area contributed by atoms with Crippen LogP contribution in [0.3, 0.4) is 0 Å². The maximum absolute atomic E-state index is 14.1. The molecule has 5 atom stereocenters. The first-order valence-corrected chi connectivity index (χ1v) is 18.5. The Morgan fingerprint density at radius 3 is 2.23 bits per heavy atom. The number of likely N-dealkylation sites (tertiary alicyclic amines) is 1. The Kier molecular flexibility index (Phi) is 15.3. The molecule has 1 aliphatic carbocycles. The molecule has 15 heteroatoms. The Morgan fingerprint density at radius 2 is 1.66 bits per heavy atom. The van der Waals surface area contributed by atoms with Gasteiger partial charge in [-0.15, -0.1) is 0 Å². The van der Waals surface area contributed by atoms with Gasteiger partial charge in [-0.05, 0) is 76.7 Å². The van der Waals surface area contributed by atoms with E-state index in [9.17, 15) is 38.0 Å². The van der Waals surface area contributed by atoms with Crippen LogP contribution < -0.4 is 21.3 Å². The number of likely N-dealkylation sites (N-methyl/N-ethyl adjacent to an activating group) is 1. The Balaban J connectivity index is 1.70. The van der Waals surface area contributed by atoms with Crippen molar-refractivity contribution in [2.75, 3.05) is 27.2 Å². The summed E-state index contributed by atoms with van der Waals surface area (Å²) >= 11 is 0. The van der Waals surface area contributed by atoms with E-state index < -0.39 is 89.3 Å². The van der Waals surface area contributed by atoms with Crippen LogP contribution >= 0.6 is 0 Å². The van der Waals surface area contributed by atoms with Gasteiger partial charge in [0.05, 0.1) is 18.8 Å². The summed E-state index contributed by atoms with van der Waals surface area (Å²) in [5, 5.41) is 10.2. The van der Waals surface area contributed by atoms with Crippen molar-refractivity contribution < 1.29 is 42.7 Å². The van der Waals surface area contributed by atoms with Crippen molar-refractivity contribution in [2.45, 2.75) is 128 Å². The molecule has 0 spiro atoms. The molecule has 0 aromatic heterocycles. The highest BCUT2D eigenvalue weighted by Gasteiger charge is 2.49. The predicted molar refractivity (Wildman–Crippen MR) is 195 cm³/mol. The number of hydrogen-bond donors (Lipinski definition) is 4. The number of ketones is 1. The van der Waals surface area contributed by atoms with Gasteiger partial charge in [-0.25, -0.2) is 9.18 Å². The van der Waals surface area contributed by atoms with Crippen molar-refractivity contribution >= 4 is 41.4 Å². The number of rotatable bonds is 18. The molecule has 1 saturated carbocycles. The maximum Gasteiger partial charge on any atom is 0.408 e. The van der Waals surface area contributed by atoms with E-state index in [4.69, 9.17) is 4.74 Å². The first-order valence-electron chi connectivity index (χ1n) is 18.5. The number of alkyl halides is 1. The summed E-state index contributed by atoms with van der Waals surface area (Å²) in [4.78, 5) is 95.5. The topological polar surface area (TPSA) is 183 Å². The number of carbonyl (C=O) groups excluding carboxylic acids is 7. The molecule has 1 saturated heterocycles. The van der Waals surface area contributed by atoms with Gasteiger partial charge in [0, 0.05) is 20.6 Å². The number of carbonyl (C=O) groups is 7. The van der Waals surface area contributed by atoms with E-state index in [2.05, 4.69) is 21.3 Å². The number of Topliss-reactive ketones (excluding diaryl/α,β-unsaturated/α-hetero) is 1. The highest BCUT2D eigenvalue weighted by atomic mass is 19.1. The van der Waals surface area contributed by atoms with Crippen LogP contribution in [0.4, 0.5) is 9.18 Å². The fourth-order valence-electron chi connectivity index (χ4n) is 6.82. The Hall–Kier alpha value is -4.56. The van der Waals surface area contributed by atoms with E-state index in [0.717, 1.165) is 12.8 Å². The van der Waals surface area contributed by atoms with Crippen molar-refractivity contribution in [3.05, 3.63) is 35.9 Å². The third-order valence-corrected chi connectivity index (χ3v) is 10.0. The highest BCUT2D eigenvalue weighted by Crippen LogP contribution is 2.44. The van der Waals surface area contributed by atoms with Gasteiger partial charge in [-0.2, -0.15) is 0 Å². The lowest BCUT2D eigenvalue weighted by atomic mass is 9.65. The number of nitrogens with zero attached hydrogens (tertiary/aromatic N) is 2. The lowest BCUT2D eigenvalue weighted by Gasteiger charge is -2.45. The molecule has 294 valence electrons. The molecule has 1 aromatic rings. The quantitative estimate of drug-likeness (QED) is 0.165. The van der Waals surface area contributed by atoms with Gasteiger partial charge in [0.2, 0.25) is 29.4 Å². The Labute approximate surface area is 311 Å². The maximum atomic E-state index is 14.1. The number of amides is 6. The second-order valence-electron chi connectivity index (χ2n) is 15.3. The smallest absolute Gasteiger partial charge is 0.408 e. The van der Waals surface area contributed by atoms with Crippen molar-refractivity contribution in [2.24, 2.45) is 5.41 Å². The third-order valence-electron chi connectivity index (χ3n) is 10.0. The minimum Gasteiger partial charge on any atom is -0.444 e. The van der Waals surface area contributed by atoms with Gasteiger partial charge >= 0.3 is 6.09 Å². The van der Waals surface area contributed by atoms with Crippen LogP contribution in [0, 0.1) is 5.41 Å². The van der Waals surface area contributed by atoms with Crippen LogP contribution in [-0.4, -0.2) is 108 Å². The van der Waals surface area contributed by atoms with Crippen molar-refractivity contribution in [1.82, 2.24) is 31.1 Å². The molecule has 4 N–H and O–H groups in total. The predicted octanol–water partition coefficient (Wildman–Crippen LogP) is 3.10. The van der Waals surface area contributed by atoms with Crippen LogP contribution in [0.2, 0.25) is 0 Å². The van der Waals surface area contributed by atoms with Crippen molar-refractivity contribution in [3.8, 4) is 0 Å². The molecule has 0 radical (unpaired) electrons. The summed E-state index contributed by atoms with van der Waals surface area (Å²) < 4.78 is 19.6. The molecule has 1 aliphatic heterocycles. The largest absolute Gasteiger partial charge is 0.444 e. The molecular formula is C38H57FN6O8. The number of nitrogens with one attached hydrogen (secondary N) is 4. The van der Waals surface area contributed by atoms with Gasteiger partial charge in [0.1, 0.15) is 23.7 Å². The number of ether oxygens (including phenoxy) is 1. The average molecular weight is 745 g/mol. The van der Waals surface area contributed by atoms with E-state index in [1.807, 2.05) is 13.8 Å². The number of benzene rings is 1. The zero-order valence-electron chi connectivity index (χ0n) is 32.1. The van der Waals surface area contributed by atoms with Crippen molar-refractivity contribution in [1.29, 1.82) is 0 Å². The first kappa shape index (κ1) is 42.8. The standard InChI is InChI=1S/C38H57FN6O8/c1-8-19-37(3,4)53-36(52)43-31(38(5)20-13-21-38)35(51)45-22-12-16-27(45)32(48)41-26(18-17-24(2)39)30(47)33(49)40-23-28(46)42-29(34(50)44(6)7)25-14-10-9-11-15-25/h9-11,14-15,24,26-27,29,31H,8,12-13,16-23H2,1-7H3,(H,40,49)(H,41,48)(H,42,46)(H,43,52). The van der Waals surface area contributed by atoms with Crippen LogP contribution in [0.1, 0.15) is 104 Å². The molecule has 3 rings (SSSR count). The summed E-state index contributed by atoms with van der Waals surface area (Å²) in [6, 6.07) is 4.07. The third kappa shape index (κ3) is 12.0. The molecule has 5 unspecified atom stereocenters. The zero-order valence-corrected chi connectivity index (χ0v) is 32.1. The molecule has 2 fully saturated rings. The lowest BCUT2D eigenvalue weighted by Crippen LogP contribution is -2.61. The molecule has 1 heterocycles. The second kappa shape index (κ2) is 19.0. The average Bonchev–Trinajstić information content (AvgIpc) is 3.58. The Bertz CT molecular complexity index is 1480. The molecular weight excluding hydrogens is 687 g/mol. The Morgan fingerprint density at radius 1 is 1.00 bits per heavy atom. The lowest BCUT2D eigenvalue weighted by molar-refractivity contribution is -0.145. The van der Waals surface area contributed by atoms with Crippen molar-refractivity contribution in [3.63, 3.8) is 0 Å². The van der Waals surface area contributed by atoms with E-state index in [0.29, 0.717) is 31.2 Å². The van der Waals surface area contributed by atoms with Crippen LogP contribution in [-0.2, 0) is 33.5 Å². The summed E-state index contributed by atoms with van der Waals surface area (Å²) in [7, 11) is 3.07. The van der Waals surface area contributed by atoms with Crippen LogP contribution in [0.5, 0.6) is 0 Å². The number of hydrogen-bond acceptors (Lipinski definition) is 8. The highest BCUT2D eigenvalue weighted by molar-refractivity contribution is 6.38. The van der Waals surface area contributed by atoms with E-state index in [-0.39, 0.29) is 25.8 Å². The molecule has 2 aliphatic rings.